The third-order valence-corrected chi connectivity index (χ3v) is 10.2. The van der Waals surface area contributed by atoms with Crippen molar-refractivity contribution < 1.29 is 9.59 Å². The smallest absolute Gasteiger partial charge is 0.255 e. The summed E-state index contributed by atoms with van der Waals surface area (Å²) in [6.45, 7) is 7.03. The number of hydrogen-bond acceptors (Lipinski definition) is 3. The van der Waals surface area contributed by atoms with Crippen LogP contribution in [0.3, 0.4) is 0 Å². The second kappa shape index (κ2) is 9.39. The molecule has 39 heavy (non-hydrogen) atoms. The first-order valence-corrected chi connectivity index (χ1v) is 14.0. The summed E-state index contributed by atoms with van der Waals surface area (Å²) in [4.78, 5) is 33.9. The topological polar surface area (TPSA) is 86.9 Å². The van der Waals surface area contributed by atoms with Crippen LogP contribution in [0.2, 0.25) is 10.0 Å². The summed E-state index contributed by atoms with van der Waals surface area (Å²) < 4.78 is 0. The van der Waals surface area contributed by atoms with Gasteiger partial charge in [0.15, 0.2) is 0 Å². The molecule has 3 N–H and O–H groups in total. The van der Waals surface area contributed by atoms with Gasteiger partial charge in [0, 0.05) is 28.4 Å². The summed E-state index contributed by atoms with van der Waals surface area (Å²) in [5.41, 5.74) is 4.50. The lowest BCUT2D eigenvalue weighted by molar-refractivity contribution is 0.0826. The number of carbonyl (C=O) groups excluding carboxylic acids is 2. The standard InChI is InChI=1S/C31H30Cl2N4O2/c1-30(2)20-12-13-31(30,3)26(16-20)37-29(39)19-7-11-24-25(15-19)36-27(35-24)17-4-8-21(9-5-17)34-28(38)18-6-10-22(32)23(33)14-18/h4-11,14-15,20,26H,12-13,16H2,1-3H3,(H,34,38)(H,35,36)(H,37,39). The summed E-state index contributed by atoms with van der Waals surface area (Å²) in [7, 11) is 0. The van der Waals surface area contributed by atoms with Gasteiger partial charge in [-0.1, -0.05) is 44.0 Å². The normalized spacial score (nSPS) is 23.2. The van der Waals surface area contributed by atoms with Crippen molar-refractivity contribution in [3.8, 4) is 11.4 Å². The Labute approximate surface area is 237 Å². The van der Waals surface area contributed by atoms with Gasteiger partial charge >= 0.3 is 0 Å². The molecule has 6 rings (SSSR count). The van der Waals surface area contributed by atoms with E-state index in [2.05, 4.69) is 36.4 Å². The predicted molar refractivity (Wildman–Crippen MR) is 156 cm³/mol. The quantitative estimate of drug-likeness (QED) is 0.233. The van der Waals surface area contributed by atoms with Gasteiger partial charge in [0.25, 0.3) is 11.8 Å². The number of imidazole rings is 1. The highest BCUT2D eigenvalue weighted by Gasteiger charge is 2.61. The molecule has 0 saturated heterocycles. The van der Waals surface area contributed by atoms with Crippen LogP contribution in [-0.2, 0) is 0 Å². The number of rotatable bonds is 5. The van der Waals surface area contributed by atoms with Crippen molar-refractivity contribution in [2.75, 3.05) is 5.32 Å². The highest BCUT2D eigenvalue weighted by Crippen LogP contribution is 2.65. The van der Waals surface area contributed by atoms with Crippen molar-refractivity contribution in [1.29, 1.82) is 0 Å². The number of hydrogen-bond donors (Lipinski definition) is 3. The molecule has 6 nitrogen and oxygen atoms in total. The molecular weight excluding hydrogens is 531 g/mol. The minimum absolute atomic E-state index is 0.0434. The Hall–Kier alpha value is -3.35. The molecule has 3 unspecified atom stereocenters. The summed E-state index contributed by atoms with van der Waals surface area (Å²) in [6, 6.07) is 17.9. The maximum Gasteiger partial charge on any atom is 0.255 e. The average molecular weight is 562 g/mol. The zero-order valence-electron chi connectivity index (χ0n) is 22.1. The summed E-state index contributed by atoms with van der Waals surface area (Å²) in [6.07, 6.45) is 3.46. The Bertz CT molecular complexity index is 1610. The van der Waals surface area contributed by atoms with Gasteiger partial charge in [0.1, 0.15) is 5.82 Å². The molecule has 8 heteroatoms. The van der Waals surface area contributed by atoms with Crippen molar-refractivity contribution in [1.82, 2.24) is 15.3 Å². The highest BCUT2D eigenvalue weighted by molar-refractivity contribution is 6.42. The van der Waals surface area contributed by atoms with E-state index >= 15 is 0 Å². The lowest BCUT2D eigenvalue weighted by atomic mass is 9.69. The van der Waals surface area contributed by atoms with Gasteiger partial charge in [0.05, 0.1) is 21.1 Å². The number of halogens is 2. The van der Waals surface area contributed by atoms with Crippen LogP contribution >= 0.6 is 23.2 Å². The molecule has 1 heterocycles. The molecule has 2 aliphatic carbocycles. The maximum atomic E-state index is 13.2. The van der Waals surface area contributed by atoms with Crippen LogP contribution in [0, 0.1) is 16.7 Å². The second-order valence-electron chi connectivity index (χ2n) is 11.6. The Kier molecular flexibility index (Phi) is 6.23. The van der Waals surface area contributed by atoms with Crippen LogP contribution in [0.15, 0.2) is 60.7 Å². The molecule has 2 fully saturated rings. The van der Waals surface area contributed by atoms with Gasteiger partial charge in [-0.3, -0.25) is 9.59 Å². The van der Waals surface area contributed by atoms with E-state index in [1.807, 2.05) is 42.5 Å². The zero-order chi connectivity index (χ0) is 27.5. The second-order valence-corrected chi connectivity index (χ2v) is 12.4. The minimum Gasteiger partial charge on any atom is -0.349 e. The number of H-pyrrole nitrogens is 1. The number of carbonyl (C=O) groups is 2. The maximum absolute atomic E-state index is 13.2. The van der Waals surface area contributed by atoms with Crippen LogP contribution in [0.4, 0.5) is 5.69 Å². The molecule has 200 valence electrons. The first-order chi connectivity index (χ1) is 18.5. The molecule has 2 saturated carbocycles. The number of fused-ring (bicyclic) bond motifs is 3. The molecule has 3 aromatic carbocycles. The van der Waals surface area contributed by atoms with E-state index in [0.29, 0.717) is 38.6 Å². The summed E-state index contributed by atoms with van der Waals surface area (Å²) in [5, 5.41) is 6.93. The molecule has 0 aliphatic heterocycles. The molecule has 0 radical (unpaired) electrons. The van der Waals surface area contributed by atoms with Gasteiger partial charge in [-0.25, -0.2) is 4.98 Å². The van der Waals surface area contributed by atoms with Crippen molar-refractivity contribution >= 4 is 51.7 Å². The number of aromatic amines is 1. The third-order valence-electron chi connectivity index (χ3n) is 9.44. The van der Waals surface area contributed by atoms with E-state index in [1.54, 1.807) is 12.1 Å². The number of anilines is 1. The largest absolute Gasteiger partial charge is 0.349 e. The summed E-state index contributed by atoms with van der Waals surface area (Å²) >= 11 is 12.0. The lowest BCUT2D eigenvalue weighted by Gasteiger charge is -2.39. The number of amides is 2. The predicted octanol–water partition coefficient (Wildman–Crippen LogP) is 7.73. The van der Waals surface area contributed by atoms with E-state index in [4.69, 9.17) is 28.2 Å². The van der Waals surface area contributed by atoms with Crippen molar-refractivity contribution in [2.45, 2.75) is 46.1 Å². The fourth-order valence-corrected chi connectivity index (χ4v) is 6.80. The Morgan fingerprint density at radius 2 is 1.64 bits per heavy atom. The Morgan fingerprint density at radius 3 is 2.31 bits per heavy atom. The van der Waals surface area contributed by atoms with E-state index in [0.717, 1.165) is 29.4 Å². The summed E-state index contributed by atoms with van der Waals surface area (Å²) in [5.74, 6) is 1.03. The molecule has 0 spiro atoms. The van der Waals surface area contributed by atoms with Crippen LogP contribution in [0.5, 0.6) is 0 Å². The average Bonchev–Trinajstić information content (AvgIpc) is 3.49. The molecule has 3 atom stereocenters. The van der Waals surface area contributed by atoms with E-state index in [-0.39, 0.29) is 28.7 Å². The monoisotopic (exact) mass is 560 g/mol. The SMILES string of the molecule is CC1(C)C2CCC1(C)C(NC(=O)c1ccc3[nH]c(-c4ccc(NC(=O)c5ccc(Cl)c(Cl)c5)cc4)nc3c1)C2. The Morgan fingerprint density at radius 1 is 0.923 bits per heavy atom. The van der Waals surface area contributed by atoms with Gasteiger partial charge < -0.3 is 15.6 Å². The fourth-order valence-electron chi connectivity index (χ4n) is 6.50. The van der Waals surface area contributed by atoms with Crippen molar-refractivity contribution in [3.63, 3.8) is 0 Å². The minimum atomic E-state index is -0.279. The van der Waals surface area contributed by atoms with Gasteiger partial charge in [-0.05, 0) is 96.7 Å². The van der Waals surface area contributed by atoms with Crippen molar-refractivity contribution in [3.05, 3.63) is 81.8 Å². The molecule has 2 amide bonds. The molecule has 2 bridgehead atoms. The van der Waals surface area contributed by atoms with E-state index < -0.39 is 0 Å². The molecule has 2 aliphatic rings. The van der Waals surface area contributed by atoms with Gasteiger partial charge in [-0.2, -0.15) is 0 Å². The first kappa shape index (κ1) is 25.9. The fraction of sp³-hybridized carbons (Fsp3) is 0.323. The molecular formula is C31H30Cl2N4O2. The molecule has 1 aromatic heterocycles. The Balaban J connectivity index is 1.16. The first-order valence-electron chi connectivity index (χ1n) is 13.2. The number of benzene rings is 3. The number of nitrogens with zero attached hydrogens (tertiary/aromatic N) is 1. The van der Waals surface area contributed by atoms with Crippen LogP contribution in [-0.4, -0.2) is 27.8 Å². The lowest BCUT2D eigenvalue weighted by Crippen LogP contribution is -2.46. The number of nitrogens with one attached hydrogen (secondary N) is 3. The van der Waals surface area contributed by atoms with Crippen LogP contribution < -0.4 is 10.6 Å². The third kappa shape index (κ3) is 4.40. The van der Waals surface area contributed by atoms with Gasteiger partial charge in [0.2, 0.25) is 0 Å². The van der Waals surface area contributed by atoms with E-state index in [1.165, 1.54) is 12.5 Å². The highest BCUT2D eigenvalue weighted by atomic mass is 35.5. The van der Waals surface area contributed by atoms with Crippen LogP contribution in [0.25, 0.3) is 22.4 Å². The molecule has 4 aromatic rings. The van der Waals surface area contributed by atoms with Crippen molar-refractivity contribution in [2.24, 2.45) is 16.7 Å². The zero-order valence-corrected chi connectivity index (χ0v) is 23.6. The van der Waals surface area contributed by atoms with Gasteiger partial charge in [-0.15, -0.1) is 0 Å². The number of aromatic nitrogens is 2. The van der Waals surface area contributed by atoms with E-state index in [9.17, 15) is 9.59 Å². The van der Waals surface area contributed by atoms with Crippen LogP contribution in [0.1, 0.15) is 60.7 Å².